The molecule has 3 N–H and O–H groups in total. The molecule has 1 heterocycles. The second-order valence-electron chi connectivity index (χ2n) is 16.3. The summed E-state index contributed by atoms with van der Waals surface area (Å²) in [4.78, 5) is 11.9. The van der Waals surface area contributed by atoms with Gasteiger partial charge < -0.3 is 24.8 Å². The summed E-state index contributed by atoms with van der Waals surface area (Å²) >= 11 is 0. The number of ether oxygens (including phenoxy) is 2. The maximum absolute atomic E-state index is 12.3. The fourth-order valence-corrected chi connectivity index (χ4v) is 12.4. The molecule has 2 spiro atoms. The van der Waals surface area contributed by atoms with Crippen molar-refractivity contribution in [1.82, 2.24) is 0 Å². The Balaban J connectivity index is 1.35. The summed E-state index contributed by atoms with van der Waals surface area (Å²) in [6.45, 7) is 16.4. The molecule has 0 aromatic carbocycles. The summed E-state index contributed by atoms with van der Waals surface area (Å²) < 4.78 is 12.4. The molecule has 9 unspecified atom stereocenters. The molecule has 0 aromatic rings. The van der Waals surface area contributed by atoms with Gasteiger partial charge in [0.05, 0.1) is 30.0 Å². The fraction of sp³-hybridized carbons (Fsp3) is 0.969. The maximum Gasteiger partial charge on any atom is 0.303 e. The van der Waals surface area contributed by atoms with Gasteiger partial charge in [-0.1, -0.05) is 34.6 Å². The highest BCUT2D eigenvalue weighted by Gasteiger charge is 2.84. The highest BCUT2D eigenvalue weighted by Crippen LogP contribution is 2.89. The van der Waals surface area contributed by atoms with E-state index in [1.54, 1.807) is 13.8 Å². The van der Waals surface area contributed by atoms with Crippen molar-refractivity contribution in [2.45, 2.75) is 143 Å². The van der Waals surface area contributed by atoms with Crippen LogP contribution in [0.1, 0.15) is 107 Å². The lowest BCUT2D eigenvalue weighted by atomic mass is 9.41. The van der Waals surface area contributed by atoms with Crippen LogP contribution in [0.3, 0.4) is 0 Å². The van der Waals surface area contributed by atoms with Crippen molar-refractivity contribution in [1.29, 1.82) is 0 Å². The van der Waals surface area contributed by atoms with Crippen molar-refractivity contribution >= 4 is 5.97 Å². The summed E-state index contributed by atoms with van der Waals surface area (Å²) in [6, 6.07) is 0. The zero-order valence-electron chi connectivity index (χ0n) is 24.9. The first kappa shape index (κ1) is 27.5. The Kier molecular flexibility index (Phi) is 5.77. The molecule has 38 heavy (non-hydrogen) atoms. The molecule has 0 amide bonds. The lowest BCUT2D eigenvalue weighted by Gasteiger charge is -2.63. The molecule has 1 aliphatic heterocycles. The Morgan fingerprint density at radius 1 is 1.00 bits per heavy atom. The number of aliphatic hydroxyl groups excluding tert-OH is 2. The lowest BCUT2D eigenvalue weighted by Crippen LogP contribution is -2.59. The fourth-order valence-electron chi connectivity index (χ4n) is 12.4. The number of hydrogen-bond acceptors (Lipinski definition) is 6. The van der Waals surface area contributed by atoms with Crippen LogP contribution in [-0.2, 0) is 14.3 Å². The van der Waals surface area contributed by atoms with E-state index in [4.69, 9.17) is 9.47 Å². The average molecular weight is 533 g/mol. The molecule has 6 heteroatoms. The van der Waals surface area contributed by atoms with E-state index in [1.807, 2.05) is 0 Å². The van der Waals surface area contributed by atoms with Crippen molar-refractivity contribution in [2.75, 3.05) is 0 Å². The minimum atomic E-state index is -1.24. The van der Waals surface area contributed by atoms with Gasteiger partial charge in [-0.15, -0.1) is 0 Å². The predicted molar refractivity (Wildman–Crippen MR) is 144 cm³/mol. The first-order valence-electron chi connectivity index (χ1n) is 15.4. The standard InChI is InChI=1S/C32H52O6/c1-17-15-19(26(28(5,6)36)37-18(2)33)38-24-23(17)29(7)13-14-32-16-31(32)12-11-22(34)27(3,4)20(31)9-10-21(32)30(29,8)25(24)35/h17,19-26,34-36H,9-16H2,1-8H3/t17-,19?,20?,21?,22?,23+,24?,25+,26?,29?,30-,31?,32?/m1/s1. The molecule has 5 aliphatic carbocycles. The topological polar surface area (TPSA) is 96.2 Å². The minimum Gasteiger partial charge on any atom is -0.457 e. The van der Waals surface area contributed by atoms with Gasteiger partial charge in [0.25, 0.3) is 0 Å². The third-order valence-corrected chi connectivity index (χ3v) is 14.1. The quantitative estimate of drug-likeness (QED) is 0.449. The number of esters is 1. The molecule has 5 saturated carbocycles. The zero-order valence-corrected chi connectivity index (χ0v) is 24.9. The predicted octanol–water partition coefficient (Wildman–Crippen LogP) is 4.86. The second kappa shape index (κ2) is 7.98. The Morgan fingerprint density at radius 2 is 1.63 bits per heavy atom. The summed E-state index contributed by atoms with van der Waals surface area (Å²) in [5.41, 5.74) is -1.01. The van der Waals surface area contributed by atoms with Crippen LogP contribution in [0.15, 0.2) is 0 Å². The van der Waals surface area contributed by atoms with Crippen molar-refractivity contribution < 1.29 is 29.6 Å². The molecule has 6 aliphatic rings. The van der Waals surface area contributed by atoms with E-state index in [1.165, 1.54) is 19.8 Å². The van der Waals surface area contributed by atoms with Gasteiger partial charge in [0.1, 0.15) is 0 Å². The molecular formula is C32H52O6. The van der Waals surface area contributed by atoms with E-state index in [-0.39, 0.29) is 45.7 Å². The molecule has 6 fully saturated rings. The normalized spacial score (nSPS) is 55.4. The van der Waals surface area contributed by atoms with E-state index in [0.29, 0.717) is 23.7 Å². The van der Waals surface area contributed by atoms with Crippen molar-refractivity contribution in [3.63, 3.8) is 0 Å². The van der Waals surface area contributed by atoms with Crippen LogP contribution in [0.2, 0.25) is 0 Å². The molecular weight excluding hydrogens is 480 g/mol. The Labute approximate surface area is 229 Å². The zero-order chi connectivity index (χ0) is 27.8. The first-order chi connectivity index (χ1) is 17.5. The SMILES string of the molecule is CC(=O)OC(C1C[C@@H](C)[C@H]2C(O1)[C@H](O)[C@@]1(C)C3CCC4C(C)(C)C(O)CCC45CC35CCC21C)C(C)(C)O. The van der Waals surface area contributed by atoms with Crippen LogP contribution in [0.4, 0.5) is 0 Å². The number of rotatable bonds is 3. The van der Waals surface area contributed by atoms with Gasteiger partial charge in [0.15, 0.2) is 6.10 Å². The highest BCUT2D eigenvalue weighted by molar-refractivity contribution is 5.66. The smallest absolute Gasteiger partial charge is 0.303 e. The second-order valence-corrected chi connectivity index (χ2v) is 16.3. The van der Waals surface area contributed by atoms with Gasteiger partial charge in [-0.05, 0) is 111 Å². The molecule has 1 saturated heterocycles. The van der Waals surface area contributed by atoms with E-state index in [2.05, 4.69) is 34.6 Å². The van der Waals surface area contributed by atoms with Crippen molar-refractivity contribution in [2.24, 2.45) is 50.7 Å². The molecule has 6 nitrogen and oxygen atoms in total. The Hall–Kier alpha value is -0.690. The number of fused-ring (bicyclic) bond motifs is 4. The largest absolute Gasteiger partial charge is 0.457 e. The third kappa shape index (κ3) is 3.13. The summed E-state index contributed by atoms with van der Waals surface area (Å²) in [5.74, 6) is 1.09. The van der Waals surface area contributed by atoms with E-state index < -0.39 is 29.9 Å². The van der Waals surface area contributed by atoms with Gasteiger partial charge in [-0.25, -0.2) is 0 Å². The lowest BCUT2D eigenvalue weighted by molar-refractivity contribution is -0.216. The molecule has 13 atom stereocenters. The molecule has 0 aromatic heterocycles. The number of aliphatic hydroxyl groups is 3. The van der Waals surface area contributed by atoms with E-state index >= 15 is 0 Å². The van der Waals surface area contributed by atoms with Gasteiger partial charge >= 0.3 is 5.97 Å². The molecule has 0 radical (unpaired) electrons. The van der Waals surface area contributed by atoms with Crippen molar-refractivity contribution in [3.8, 4) is 0 Å². The average Bonchev–Trinajstić information content (AvgIpc) is 3.44. The van der Waals surface area contributed by atoms with Crippen LogP contribution >= 0.6 is 0 Å². The van der Waals surface area contributed by atoms with Crippen LogP contribution < -0.4 is 0 Å². The number of hydrogen-bond donors (Lipinski definition) is 3. The van der Waals surface area contributed by atoms with Gasteiger partial charge in [0.2, 0.25) is 0 Å². The van der Waals surface area contributed by atoms with Crippen molar-refractivity contribution in [3.05, 3.63) is 0 Å². The van der Waals surface area contributed by atoms with Gasteiger partial charge in [-0.2, -0.15) is 0 Å². The van der Waals surface area contributed by atoms with E-state index in [9.17, 15) is 20.1 Å². The molecule has 6 rings (SSSR count). The molecule has 0 bridgehead atoms. The first-order valence-corrected chi connectivity index (χ1v) is 15.4. The van der Waals surface area contributed by atoms with Crippen LogP contribution in [0, 0.1) is 50.7 Å². The highest BCUT2D eigenvalue weighted by atomic mass is 16.6. The monoisotopic (exact) mass is 532 g/mol. The van der Waals surface area contributed by atoms with Gasteiger partial charge in [-0.3, -0.25) is 4.79 Å². The molecule has 216 valence electrons. The number of carbonyl (C=O) groups excluding carboxylic acids is 1. The third-order valence-electron chi connectivity index (χ3n) is 14.1. The maximum atomic E-state index is 12.3. The summed E-state index contributed by atoms with van der Waals surface area (Å²) in [5, 5.41) is 34.2. The minimum absolute atomic E-state index is 0.0383. The van der Waals surface area contributed by atoms with Crippen LogP contribution in [-0.4, -0.2) is 57.4 Å². The van der Waals surface area contributed by atoms with Crippen LogP contribution in [0.5, 0.6) is 0 Å². The summed E-state index contributed by atoms with van der Waals surface area (Å²) in [6.07, 6.45) is 6.19. The Bertz CT molecular complexity index is 1000. The van der Waals surface area contributed by atoms with Crippen LogP contribution in [0.25, 0.3) is 0 Å². The summed E-state index contributed by atoms with van der Waals surface area (Å²) in [7, 11) is 0. The van der Waals surface area contributed by atoms with Gasteiger partial charge in [0, 0.05) is 12.3 Å². The number of carbonyl (C=O) groups is 1. The Morgan fingerprint density at radius 3 is 2.26 bits per heavy atom. The van der Waals surface area contributed by atoms with E-state index in [0.717, 1.165) is 32.1 Å².